The highest BCUT2D eigenvalue weighted by Crippen LogP contribution is 2.22. The van der Waals surface area contributed by atoms with Gasteiger partial charge in [-0.15, -0.1) is 0 Å². The number of nitrogens with zero attached hydrogens (tertiary/aromatic N) is 1. The third-order valence-corrected chi connectivity index (χ3v) is 7.49. The summed E-state index contributed by atoms with van der Waals surface area (Å²) in [7, 11) is -3.54. The second-order valence-electron chi connectivity index (χ2n) is 7.38. The van der Waals surface area contributed by atoms with E-state index in [0.717, 1.165) is 36.7 Å². The van der Waals surface area contributed by atoms with E-state index in [2.05, 4.69) is 20.0 Å². The Morgan fingerprint density at radius 1 is 1.07 bits per heavy atom. The van der Waals surface area contributed by atoms with Crippen molar-refractivity contribution in [2.24, 2.45) is 0 Å². The minimum Gasteiger partial charge on any atom is -0.333 e. The summed E-state index contributed by atoms with van der Waals surface area (Å²) in [6, 6.07) is 14.0. The predicted octanol–water partition coefficient (Wildman–Crippen LogP) is 3.90. The molecule has 1 heterocycles. The van der Waals surface area contributed by atoms with E-state index in [4.69, 9.17) is 0 Å². The number of hydrogen-bond acceptors (Lipinski definition) is 5. The molecule has 1 fully saturated rings. The monoisotopic (exact) mass is 444 g/mol. The predicted molar refractivity (Wildman–Crippen MR) is 119 cm³/mol. The van der Waals surface area contributed by atoms with Gasteiger partial charge in [-0.1, -0.05) is 43.2 Å². The molecule has 0 bridgehead atoms. The van der Waals surface area contributed by atoms with E-state index in [0.29, 0.717) is 10.8 Å². The quantitative estimate of drug-likeness (QED) is 0.480. The Bertz CT molecular complexity index is 1090. The number of aromatic nitrogens is 2. The topological polar surface area (TPSA) is 104 Å². The number of sulfonamides is 1. The lowest BCUT2D eigenvalue weighted by atomic mass is 9.96. The maximum absolute atomic E-state index is 12.6. The van der Waals surface area contributed by atoms with Gasteiger partial charge in [0, 0.05) is 11.7 Å². The molecule has 2 aromatic carbocycles. The second-order valence-corrected chi connectivity index (χ2v) is 10.1. The molecule has 1 saturated carbocycles. The third-order valence-electron chi connectivity index (χ3n) is 5.08. The number of para-hydroxylation sites is 2. The minimum absolute atomic E-state index is 0.0124. The molecule has 1 amide bonds. The Labute approximate surface area is 180 Å². The molecule has 4 rings (SSSR count). The van der Waals surface area contributed by atoms with Gasteiger partial charge in [0.2, 0.25) is 15.9 Å². The lowest BCUT2D eigenvalue weighted by Crippen LogP contribution is -2.36. The highest BCUT2D eigenvalue weighted by atomic mass is 32.2. The first-order valence-electron chi connectivity index (χ1n) is 9.99. The fraction of sp³-hybridized carbons (Fsp3) is 0.333. The minimum atomic E-state index is -3.54. The van der Waals surface area contributed by atoms with Crippen LogP contribution >= 0.6 is 11.8 Å². The normalized spacial score (nSPS) is 15.3. The molecular weight excluding hydrogens is 420 g/mol. The fourth-order valence-electron chi connectivity index (χ4n) is 3.55. The summed E-state index contributed by atoms with van der Waals surface area (Å²) in [5.41, 5.74) is 2.35. The zero-order chi connectivity index (χ0) is 21.0. The van der Waals surface area contributed by atoms with Crippen molar-refractivity contribution in [2.75, 3.05) is 11.1 Å². The fourth-order valence-corrected chi connectivity index (χ4v) is 5.54. The maximum atomic E-state index is 12.6. The summed E-state index contributed by atoms with van der Waals surface area (Å²) < 4.78 is 27.9. The van der Waals surface area contributed by atoms with Crippen molar-refractivity contribution in [3.05, 3.63) is 48.5 Å². The van der Waals surface area contributed by atoms with Gasteiger partial charge in [-0.05, 0) is 49.2 Å². The van der Waals surface area contributed by atoms with Crippen molar-refractivity contribution in [1.82, 2.24) is 14.7 Å². The van der Waals surface area contributed by atoms with Gasteiger partial charge in [-0.25, -0.2) is 18.1 Å². The summed E-state index contributed by atoms with van der Waals surface area (Å²) >= 11 is 1.32. The highest BCUT2D eigenvalue weighted by molar-refractivity contribution is 7.99. The number of H-pyrrole nitrogens is 1. The van der Waals surface area contributed by atoms with Gasteiger partial charge in [0.25, 0.3) is 0 Å². The Morgan fingerprint density at radius 3 is 2.53 bits per heavy atom. The zero-order valence-electron chi connectivity index (χ0n) is 16.4. The Hall–Kier alpha value is -2.36. The van der Waals surface area contributed by atoms with E-state index in [1.54, 1.807) is 12.1 Å². The molecule has 1 aromatic heterocycles. The molecule has 30 heavy (non-hydrogen) atoms. The van der Waals surface area contributed by atoms with Crippen molar-refractivity contribution < 1.29 is 13.2 Å². The molecule has 9 heteroatoms. The Morgan fingerprint density at radius 2 is 1.80 bits per heavy atom. The van der Waals surface area contributed by atoms with Crippen LogP contribution in [-0.4, -0.2) is 36.1 Å². The van der Waals surface area contributed by atoms with E-state index in [1.165, 1.54) is 30.3 Å². The number of imidazole rings is 1. The second kappa shape index (κ2) is 9.20. The first-order valence-corrected chi connectivity index (χ1v) is 12.5. The Kier molecular flexibility index (Phi) is 6.40. The van der Waals surface area contributed by atoms with E-state index in [-0.39, 0.29) is 22.6 Å². The van der Waals surface area contributed by atoms with Crippen LogP contribution in [0.1, 0.15) is 32.1 Å². The average Bonchev–Trinajstić information content (AvgIpc) is 3.16. The number of hydrogen-bond donors (Lipinski definition) is 3. The summed E-state index contributed by atoms with van der Waals surface area (Å²) in [4.78, 5) is 20.1. The third kappa shape index (κ3) is 5.21. The van der Waals surface area contributed by atoms with Crippen LogP contribution in [0.3, 0.4) is 0 Å². The first kappa shape index (κ1) is 20.9. The highest BCUT2D eigenvalue weighted by Gasteiger charge is 2.21. The van der Waals surface area contributed by atoms with E-state index in [1.807, 2.05) is 24.3 Å². The number of benzene rings is 2. The number of carbonyl (C=O) groups is 1. The summed E-state index contributed by atoms with van der Waals surface area (Å²) in [6.45, 7) is 0. The lowest BCUT2D eigenvalue weighted by Gasteiger charge is -2.22. The van der Waals surface area contributed by atoms with Crippen molar-refractivity contribution in [3.8, 4) is 0 Å². The van der Waals surface area contributed by atoms with Gasteiger partial charge in [0.1, 0.15) is 0 Å². The molecule has 0 unspecified atom stereocenters. The van der Waals surface area contributed by atoms with E-state index in [9.17, 15) is 13.2 Å². The van der Waals surface area contributed by atoms with E-state index < -0.39 is 10.0 Å². The Balaban J connectivity index is 1.31. The van der Waals surface area contributed by atoms with Crippen molar-refractivity contribution in [3.63, 3.8) is 0 Å². The molecule has 0 atom stereocenters. The number of amides is 1. The van der Waals surface area contributed by atoms with Crippen molar-refractivity contribution >= 4 is 44.4 Å². The number of carbonyl (C=O) groups excluding carboxylic acids is 1. The van der Waals surface area contributed by atoms with Crippen LogP contribution in [0.5, 0.6) is 0 Å². The van der Waals surface area contributed by atoms with Gasteiger partial charge < -0.3 is 10.3 Å². The largest absolute Gasteiger partial charge is 0.333 e. The van der Waals surface area contributed by atoms with Crippen LogP contribution in [0.4, 0.5) is 5.69 Å². The molecule has 0 spiro atoms. The average molecular weight is 445 g/mol. The molecule has 158 valence electrons. The number of nitrogens with one attached hydrogen (secondary N) is 3. The van der Waals surface area contributed by atoms with Crippen molar-refractivity contribution in [1.29, 1.82) is 0 Å². The summed E-state index contributed by atoms with van der Waals surface area (Å²) in [5, 5.41) is 3.47. The number of rotatable bonds is 7. The number of thioether (sulfide) groups is 1. The molecule has 3 aromatic rings. The van der Waals surface area contributed by atoms with Crippen LogP contribution in [0, 0.1) is 0 Å². The standard InChI is InChI=1S/C21H24N4O3S2/c26-20(14-29-21-23-18-8-4-5-9-19(18)24-21)22-15-10-12-17(13-11-15)30(27,28)25-16-6-2-1-3-7-16/h4-5,8-13,16,25H,1-3,6-7,14H2,(H,22,26)(H,23,24). The summed E-state index contributed by atoms with van der Waals surface area (Å²) in [6.07, 6.45) is 5.06. The number of aromatic amines is 1. The van der Waals surface area contributed by atoms with Gasteiger partial charge >= 0.3 is 0 Å². The van der Waals surface area contributed by atoms with Crippen LogP contribution in [0.25, 0.3) is 11.0 Å². The van der Waals surface area contributed by atoms with Crippen molar-refractivity contribution in [2.45, 2.75) is 48.2 Å². The van der Waals surface area contributed by atoms with Gasteiger partial charge in [-0.2, -0.15) is 0 Å². The molecular formula is C21H24N4O3S2. The van der Waals surface area contributed by atoms with Gasteiger partial charge in [0.15, 0.2) is 5.16 Å². The maximum Gasteiger partial charge on any atom is 0.240 e. The van der Waals surface area contributed by atoms with Crippen LogP contribution in [0.2, 0.25) is 0 Å². The molecule has 0 aliphatic heterocycles. The smallest absolute Gasteiger partial charge is 0.240 e. The van der Waals surface area contributed by atoms with Gasteiger partial charge in [-0.3, -0.25) is 4.79 Å². The molecule has 1 aliphatic rings. The zero-order valence-corrected chi connectivity index (χ0v) is 18.1. The SMILES string of the molecule is O=C(CSc1nc2ccccc2[nH]1)Nc1ccc(S(=O)(=O)NC2CCCCC2)cc1. The van der Waals surface area contributed by atoms with Gasteiger partial charge in [0.05, 0.1) is 21.7 Å². The molecule has 7 nitrogen and oxygen atoms in total. The molecule has 1 aliphatic carbocycles. The number of fused-ring (bicyclic) bond motifs is 1. The first-order chi connectivity index (χ1) is 14.5. The summed E-state index contributed by atoms with van der Waals surface area (Å²) in [5.74, 6) is 0.0136. The molecule has 0 saturated heterocycles. The lowest BCUT2D eigenvalue weighted by molar-refractivity contribution is -0.113. The number of anilines is 1. The molecule has 3 N–H and O–H groups in total. The molecule has 0 radical (unpaired) electrons. The van der Waals surface area contributed by atoms with Crippen LogP contribution in [0.15, 0.2) is 58.6 Å². The van der Waals surface area contributed by atoms with E-state index >= 15 is 0 Å². The van der Waals surface area contributed by atoms with Crippen LogP contribution < -0.4 is 10.0 Å². The van der Waals surface area contributed by atoms with Crippen LogP contribution in [-0.2, 0) is 14.8 Å².